The van der Waals surface area contributed by atoms with Gasteiger partial charge in [0.05, 0.1) is 0 Å². The highest BCUT2D eigenvalue weighted by Crippen LogP contribution is 2.36. The van der Waals surface area contributed by atoms with Crippen molar-refractivity contribution in [2.24, 2.45) is 7.05 Å². The molecule has 0 saturated carbocycles. The van der Waals surface area contributed by atoms with Gasteiger partial charge in [0, 0.05) is 32.5 Å². The van der Waals surface area contributed by atoms with Crippen LogP contribution in [0, 0.1) is 0 Å². The number of rotatable bonds is 3. The molecule has 2 aliphatic rings. The minimum absolute atomic E-state index is 0.313. The molecule has 0 radical (unpaired) electrons. The fourth-order valence-corrected chi connectivity index (χ4v) is 4.25. The molecule has 2 aromatic rings. The van der Waals surface area contributed by atoms with E-state index in [2.05, 4.69) is 34.5 Å². The number of hydrogen-bond donors (Lipinski definition) is 0. The minimum Gasteiger partial charge on any atom is -0.343 e. The minimum atomic E-state index is 0.313. The Hall–Kier alpha value is -2.17. The van der Waals surface area contributed by atoms with Crippen LogP contribution in [-0.2, 0) is 18.3 Å². The SMILES string of the molecule is Cn1cnnc1C1CCN(C(=O)CC2CCc3ccccc32)CC1. The number of aryl methyl sites for hydroxylation is 2. The third-order valence-electron chi connectivity index (χ3n) is 5.64. The second kappa shape index (κ2) is 6.38. The Labute approximate surface area is 142 Å². The maximum absolute atomic E-state index is 12.7. The third kappa shape index (κ3) is 2.83. The van der Waals surface area contributed by atoms with Crippen molar-refractivity contribution in [3.8, 4) is 0 Å². The molecule has 126 valence electrons. The summed E-state index contributed by atoms with van der Waals surface area (Å²) in [6, 6.07) is 8.58. The highest BCUT2D eigenvalue weighted by Gasteiger charge is 2.29. The molecular weight excluding hydrogens is 300 g/mol. The molecule has 24 heavy (non-hydrogen) atoms. The molecule has 0 spiro atoms. The van der Waals surface area contributed by atoms with Gasteiger partial charge >= 0.3 is 0 Å². The van der Waals surface area contributed by atoms with E-state index >= 15 is 0 Å². The Morgan fingerprint density at radius 3 is 2.75 bits per heavy atom. The van der Waals surface area contributed by atoms with Gasteiger partial charge in [0.1, 0.15) is 12.2 Å². The number of amides is 1. The third-order valence-corrected chi connectivity index (χ3v) is 5.64. The lowest BCUT2D eigenvalue weighted by Gasteiger charge is -2.32. The van der Waals surface area contributed by atoms with Crippen molar-refractivity contribution in [3.63, 3.8) is 0 Å². The van der Waals surface area contributed by atoms with Gasteiger partial charge in [-0.2, -0.15) is 0 Å². The van der Waals surface area contributed by atoms with Crippen LogP contribution in [0.5, 0.6) is 0 Å². The first-order valence-electron chi connectivity index (χ1n) is 8.92. The summed E-state index contributed by atoms with van der Waals surface area (Å²) in [5.74, 6) is 2.19. The van der Waals surface area contributed by atoms with Gasteiger partial charge in [-0.15, -0.1) is 10.2 Å². The number of likely N-dealkylation sites (tertiary alicyclic amines) is 1. The fraction of sp³-hybridized carbons (Fsp3) is 0.526. The van der Waals surface area contributed by atoms with Gasteiger partial charge in [0.2, 0.25) is 5.91 Å². The van der Waals surface area contributed by atoms with Gasteiger partial charge in [0.15, 0.2) is 0 Å². The van der Waals surface area contributed by atoms with Crippen molar-refractivity contribution < 1.29 is 4.79 Å². The number of carbonyl (C=O) groups excluding carboxylic acids is 1. The van der Waals surface area contributed by atoms with Gasteiger partial charge in [0.25, 0.3) is 0 Å². The summed E-state index contributed by atoms with van der Waals surface area (Å²) in [4.78, 5) is 14.8. The number of benzene rings is 1. The predicted octanol–water partition coefficient (Wildman–Crippen LogP) is 2.64. The molecule has 4 rings (SSSR count). The lowest BCUT2D eigenvalue weighted by Crippen LogP contribution is -2.38. The molecule has 5 nitrogen and oxygen atoms in total. The van der Waals surface area contributed by atoms with E-state index in [0.29, 0.717) is 24.2 Å². The van der Waals surface area contributed by atoms with Crippen LogP contribution in [-0.4, -0.2) is 38.7 Å². The maximum Gasteiger partial charge on any atom is 0.223 e. The van der Waals surface area contributed by atoms with E-state index in [4.69, 9.17) is 0 Å². The van der Waals surface area contributed by atoms with Gasteiger partial charge in [-0.25, -0.2) is 0 Å². The van der Waals surface area contributed by atoms with E-state index in [-0.39, 0.29) is 0 Å². The van der Waals surface area contributed by atoms with E-state index in [1.54, 1.807) is 6.33 Å². The molecule has 1 aliphatic carbocycles. The van der Waals surface area contributed by atoms with E-state index in [1.165, 1.54) is 11.1 Å². The number of piperidine rings is 1. The Balaban J connectivity index is 1.35. The zero-order valence-corrected chi connectivity index (χ0v) is 14.2. The summed E-state index contributed by atoms with van der Waals surface area (Å²) in [6.07, 6.45) is 6.61. The molecule has 0 bridgehead atoms. The topological polar surface area (TPSA) is 51.0 Å². The zero-order valence-electron chi connectivity index (χ0n) is 14.2. The van der Waals surface area contributed by atoms with Crippen molar-refractivity contribution in [3.05, 3.63) is 47.5 Å². The fourth-order valence-electron chi connectivity index (χ4n) is 4.25. The molecule has 1 aromatic heterocycles. The zero-order chi connectivity index (χ0) is 16.5. The summed E-state index contributed by atoms with van der Waals surface area (Å²) in [6.45, 7) is 1.68. The van der Waals surface area contributed by atoms with Crippen LogP contribution < -0.4 is 0 Å². The quantitative estimate of drug-likeness (QED) is 0.872. The summed E-state index contributed by atoms with van der Waals surface area (Å²) < 4.78 is 2.00. The molecule has 2 heterocycles. The van der Waals surface area contributed by atoms with Gasteiger partial charge in [-0.1, -0.05) is 24.3 Å². The summed E-state index contributed by atoms with van der Waals surface area (Å²) in [5, 5.41) is 8.20. The monoisotopic (exact) mass is 324 g/mol. The second-order valence-corrected chi connectivity index (χ2v) is 7.09. The normalized spacial score (nSPS) is 21.0. The summed E-state index contributed by atoms with van der Waals surface area (Å²) in [5.41, 5.74) is 2.82. The van der Waals surface area contributed by atoms with Crippen LogP contribution in [0.1, 0.15) is 54.5 Å². The van der Waals surface area contributed by atoms with Crippen LogP contribution in [0.3, 0.4) is 0 Å². The maximum atomic E-state index is 12.7. The Morgan fingerprint density at radius 1 is 1.21 bits per heavy atom. The highest BCUT2D eigenvalue weighted by atomic mass is 16.2. The van der Waals surface area contributed by atoms with Crippen LogP contribution in [0.25, 0.3) is 0 Å². The number of carbonyl (C=O) groups is 1. The highest BCUT2D eigenvalue weighted by molar-refractivity contribution is 5.77. The number of fused-ring (bicyclic) bond motifs is 1. The van der Waals surface area contributed by atoms with Crippen LogP contribution in [0.15, 0.2) is 30.6 Å². The molecule has 1 fully saturated rings. The van der Waals surface area contributed by atoms with Crippen LogP contribution in [0.4, 0.5) is 0 Å². The van der Waals surface area contributed by atoms with Crippen LogP contribution >= 0.6 is 0 Å². The van der Waals surface area contributed by atoms with E-state index in [9.17, 15) is 4.79 Å². The molecule has 1 saturated heterocycles. The van der Waals surface area contributed by atoms with E-state index in [0.717, 1.165) is 44.6 Å². The van der Waals surface area contributed by atoms with E-state index in [1.807, 2.05) is 16.5 Å². The molecule has 1 unspecified atom stereocenters. The average molecular weight is 324 g/mol. The Bertz CT molecular complexity index is 730. The van der Waals surface area contributed by atoms with Gasteiger partial charge in [-0.3, -0.25) is 4.79 Å². The van der Waals surface area contributed by atoms with Crippen molar-refractivity contribution in [1.82, 2.24) is 19.7 Å². The van der Waals surface area contributed by atoms with Gasteiger partial charge < -0.3 is 9.47 Å². The Morgan fingerprint density at radius 2 is 2.00 bits per heavy atom. The Kier molecular flexibility index (Phi) is 4.08. The predicted molar refractivity (Wildman–Crippen MR) is 91.7 cm³/mol. The second-order valence-electron chi connectivity index (χ2n) is 7.09. The number of hydrogen-bond acceptors (Lipinski definition) is 3. The lowest BCUT2D eigenvalue weighted by molar-refractivity contribution is -0.132. The smallest absolute Gasteiger partial charge is 0.223 e. The van der Waals surface area contributed by atoms with Crippen molar-refractivity contribution in [2.45, 2.75) is 43.9 Å². The number of nitrogens with zero attached hydrogens (tertiary/aromatic N) is 4. The first-order chi connectivity index (χ1) is 11.7. The molecule has 1 amide bonds. The summed E-state index contributed by atoms with van der Waals surface area (Å²) >= 11 is 0. The van der Waals surface area contributed by atoms with Gasteiger partial charge in [-0.05, 0) is 42.7 Å². The molecule has 1 aromatic carbocycles. The molecule has 0 N–H and O–H groups in total. The first-order valence-corrected chi connectivity index (χ1v) is 8.92. The largest absolute Gasteiger partial charge is 0.343 e. The molecule has 1 atom stereocenters. The summed E-state index contributed by atoms with van der Waals surface area (Å²) in [7, 11) is 1.99. The number of aromatic nitrogens is 3. The standard InChI is InChI=1S/C19H24N4O/c1-22-13-20-21-19(22)15-8-10-23(11-9-15)18(24)12-16-7-6-14-4-2-3-5-17(14)16/h2-5,13,15-16H,6-12H2,1H3. The van der Waals surface area contributed by atoms with E-state index < -0.39 is 0 Å². The molecular formula is C19H24N4O. The van der Waals surface area contributed by atoms with Crippen molar-refractivity contribution in [2.75, 3.05) is 13.1 Å². The average Bonchev–Trinajstić information content (AvgIpc) is 3.22. The lowest BCUT2D eigenvalue weighted by atomic mass is 9.93. The first kappa shape index (κ1) is 15.4. The molecule has 1 aliphatic heterocycles. The van der Waals surface area contributed by atoms with Crippen LogP contribution in [0.2, 0.25) is 0 Å². The molecule has 5 heteroatoms. The van der Waals surface area contributed by atoms with Crippen molar-refractivity contribution in [1.29, 1.82) is 0 Å². The van der Waals surface area contributed by atoms with Crippen molar-refractivity contribution >= 4 is 5.91 Å².